The van der Waals surface area contributed by atoms with Gasteiger partial charge in [-0.1, -0.05) is 6.07 Å². The van der Waals surface area contributed by atoms with Crippen molar-refractivity contribution in [3.63, 3.8) is 0 Å². The second-order valence-electron chi connectivity index (χ2n) is 6.25. The maximum atomic E-state index is 14.4. The Hall–Kier alpha value is -3.56. The maximum absolute atomic E-state index is 14.4. The number of rotatable bonds is 7. The van der Waals surface area contributed by atoms with Crippen molar-refractivity contribution in [2.75, 3.05) is 0 Å². The average molecular weight is 386 g/mol. The fourth-order valence-corrected chi connectivity index (χ4v) is 2.81. The molecule has 0 unspecified atom stereocenters. The van der Waals surface area contributed by atoms with Gasteiger partial charge in [-0.15, -0.1) is 0 Å². The number of aromatic nitrogens is 4. The number of hydrogen-bond acceptors (Lipinski definition) is 5. The largest absolute Gasteiger partial charge is 0.381 e. The summed E-state index contributed by atoms with van der Waals surface area (Å²) in [6.45, 7) is 3.87. The predicted octanol–water partition coefficient (Wildman–Crippen LogP) is 2.44. The fourth-order valence-electron chi connectivity index (χ4n) is 2.81. The number of imidazole rings is 2. The topological polar surface area (TPSA) is 108 Å². The van der Waals surface area contributed by atoms with Crippen molar-refractivity contribution >= 4 is 11.7 Å². The zero-order chi connectivity index (χ0) is 20.3. The van der Waals surface area contributed by atoms with Crippen LogP contribution in [0.1, 0.15) is 23.6 Å². The number of hydrogen-bond donors (Lipinski definition) is 1. The zero-order valence-corrected chi connectivity index (χ0v) is 15.4. The molecule has 146 valence electrons. The first-order valence-corrected chi connectivity index (χ1v) is 8.59. The predicted molar refractivity (Wildman–Crippen MR) is 98.3 cm³/mol. The van der Waals surface area contributed by atoms with Crippen LogP contribution in [-0.4, -0.2) is 29.9 Å². The van der Waals surface area contributed by atoms with E-state index in [-0.39, 0.29) is 31.2 Å². The first-order chi connectivity index (χ1) is 13.3. The van der Waals surface area contributed by atoms with Crippen LogP contribution in [0.2, 0.25) is 0 Å². The van der Waals surface area contributed by atoms with Crippen LogP contribution in [0.3, 0.4) is 0 Å². The third-order valence-corrected chi connectivity index (χ3v) is 4.32. The highest BCUT2D eigenvalue weighted by atomic mass is 19.1. The van der Waals surface area contributed by atoms with Crippen LogP contribution in [0, 0.1) is 29.8 Å². The van der Waals surface area contributed by atoms with E-state index in [1.165, 1.54) is 12.3 Å². The minimum atomic E-state index is -0.576. The molecule has 1 N–H and O–H groups in total. The molecular weight excluding hydrogens is 367 g/mol. The molecule has 3 rings (SSSR count). The molecule has 2 heterocycles. The summed E-state index contributed by atoms with van der Waals surface area (Å²) < 4.78 is 17.6. The monoisotopic (exact) mass is 386 g/mol. The van der Waals surface area contributed by atoms with Gasteiger partial charge >= 0.3 is 5.82 Å². The molecular formula is C18H19FN6O3. The Bertz CT molecular complexity index is 1030. The van der Waals surface area contributed by atoms with Crippen LogP contribution in [0.4, 0.5) is 10.2 Å². The van der Waals surface area contributed by atoms with E-state index in [9.17, 15) is 19.3 Å². The summed E-state index contributed by atoms with van der Waals surface area (Å²) in [6, 6.07) is 4.75. The van der Waals surface area contributed by atoms with Crippen LogP contribution in [0.15, 0.2) is 36.8 Å². The summed E-state index contributed by atoms with van der Waals surface area (Å²) in [6.07, 6.45) is 4.70. The number of carbonyl (C=O) groups is 1. The Morgan fingerprint density at radius 1 is 1.32 bits per heavy atom. The lowest BCUT2D eigenvalue weighted by Crippen LogP contribution is -2.24. The number of nitro groups is 1. The lowest BCUT2D eigenvalue weighted by Gasteiger charge is -2.10. The highest BCUT2D eigenvalue weighted by Crippen LogP contribution is 2.17. The van der Waals surface area contributed by atoms with Crippen LogP contribution in [-0.2, 0) is 17.9 Å². The smallest absolute Gasteiger partial charge is 0.358 e. The molecule has 0 aliphatic rings. The highest BCUT2D eigenvalue weighted by molar-refractivity contribution is 5.75. The zero-order valence-electron chi connectivity index (χ0n) is 15.4. The number of benzene rings is 1. The lowest BCUT2D eigenvalue weighted by atomic mass is 10.2. The van der Waals surface area contributed by atoms with Gasteiger partial charge in [0.25, 0.3) is 0 Å². The third-order valence-electron chi connectivity index (χ3n) is 4.32. The molecule has 1 aromatic carbocycles. The minimum Gasteiger partial charge on any atom is -0.358 e. The summed E-state index contributed by atoms with van der Waals surface area (Å²) in [5.41, 5.74) is 1.02. The van der Waals surface area contributed by atoms with Gasteiger partial charge in [0.2, 0.25) is 11.7 Å². The minimum absolute atomic E-state index is 0.128. The van der Waals surface area contributed by atoms with E-state index in [1.54, 1.807) is 47.5 Å². The van der Waals surface area contributed by atoms with Crippen LogP contribution < -0.4 is 5.32 Å². The van der Waals surface area contributed by atoms with Crippen LogP contribution in [0.25, 0.3) is 5.69 Å². The Labute approximate surface area is 160 Å². The summed E-state index contributed by atoms with van der Waals surface area (Å²) >= 11 is 0. The molecule has 3 aromatic rings. The standard InChI is InChI=1S/C18H19FN6O3/c1-12-20-6-8-24(12)16-4-3-14(9-15(16)19)10-21-18(26)5-7-23-11-17(25(27)28)22-13(23)2/h3-4,6,8-9,11H,5,7,10H2,1-2H3,(H,21,26). The number of nitrogens with one attached hydrogen (secondary N) is 1. The molecule has 28 heavy (non-hydrogen) atoms. The summed E-state index contributed by atoms with van der Waals surface area (Å²) in [5.74, 6) is 0.239. The number of amides is 1. The van der Waals surface area contributed by atoms with E-state index >= 15 is 0 Å². The first-order valence-electron chi connectivity index (χ1n) is 8.59. The number of aryl methyl sites for hydroxylation is 3. The molecule has 2 aromatic heterocycles. The van der Waals surface area contributed by atoms with Gasteiger partial charge in [-0.2, -0.15) is 0 Å². The Balaban J connectivity index is 1.55. The van der Waals surface area contributed by atoms with Crippen molar-refractivity contribution in [2.45, 2.75) is 33.4 Å². The van der Waals surface area contributed by atoms with Crippen LogP contribution in [0.5, 0.6) is 0 Å². The van der Waals surface area contributed by atoms with E-state index < -0.39 is 10.7 Å². The SMILES string of the molecule is Cc1nc([N+](=O)[O-])cn1CCC(=O)NCc1ccc(-n2ccnc2C)c(F)c1. The normalized spacial score (nSPS) is 10.8. The molecule has 0 bridgehead atoms. The molecule has 10 heteroatoms. The van der Waals surface area contributed by atoms with E-state index in [2.05, 4.69) is 15.3 Å². The quantitative estimate of drug-likeness (QED) is 0.496. The van der Waals surface area contributed by atoms with Gasteiger partial charge in [-0.05, 0) is 34.5 Å². The molecule has 0 radical (unpaired) electrons. The molecule has 0 aliphatic heterocycles. The Morgan fingerprint density at radius 3 is 2.71 bits per heavy atom. The number of nitrogens with zero attached hydrogens (tertiary/aromatic N) is 5. The molecule has 0 aliphatic carbocycles. The van der Waals surface area contributed by atoms with Crippen molar-refractivity contribution in [3.05, 3.63) is 69.9 Å². The van der Waals surface area contributed by atoms with Gasteiger partial charge in [-0.3, -0.25) is 4.79 Å². The van der Waals surface area contributed by atoms with Gasteiger partial charge in [0, 0.05) is 38.8 Å². The molecule has 1 amide bonds. The third kappa shape index (κ3) is 4.22. The average Bonchev–Trinajstić information content (AvgIpc) is 3.24. The van der Waals surface area contributed by atoms with E-state index in [0.717, 1.165) is 0 Å². The second kappa shape index (κ2) is 7.99. The maximum Gasteiger partial charge on any atom is 0.381 e. The van der Waals surface area contributed by atoms with Gasteiger partial charge < -0.3 is 24.6 Å². The van der Waals surface area contributed by atoms with Gasteiger partial charge in [0.15, 0.2) is 0 Å². The molecule has 0 spiro atoms. The van der Waals surface area contributed by atoms with Crippen molar-refractivity contribution in [1.29, 1.82) is 0 Å². The highest BCUT2D eigenvalue weighted by Gasteiger charge is 2.15. The van der Waals surface area contributed by atoms with Crippen molar-refractivity contribution < 1.29 is 14.1 Å². The van der Waals surface area contributed by atoms with Crippen LogP contribution >= 0.6 is 0 Å². The van der Waals surface area contributed by atoms with Gasteiger partial charge in [0.05, 0.1) is 5.69 Å². The van der Waals surface area contributed by atoms with Gasteiger partial charge in [0.1, 0.15) is 17.8 Å². The molecule has 0 saturated carbocycles. The Kier molecular flexibility index (Phi) is 5.48. The summed E-state index contributed by atoms with van der Waals surface area (Å²) in [4.78, 5) is 30.1. The summed E-state index contributed by atoms with van der Waals surface area (Å²) in [5, 5.41) is 13.4. The fraction of sp³-hybridized carbons (Fsp3) is 0.278. The van der Waals surface area contributed by atoms with Crippen molar-refractivity contribution in [1.82, 2.24) is 24.4 Å². The van der Waals surface area contributed by atoms with Crippen molar-refractivity contribution in [3.8, 4) is 5.69 Å². The summed E-state index contributed by atoms with van der Waals surface area (Å²) in [7, 11) is 0. The molecule has 0 saturated heterocycles. The molecule has 0 atom stereocenters. The molecule has 9 nitrogen and oxygen atoms in total. The first kappa shape index (κ1) is 19.2. The van der Waals surface area contributed by atoms with E-state index in [4.69, 9.17) is 0 Å². The number of halogens is 1. The Morgan fingerprint density at radius 2 is 2.11 bits per heavy atom. The van der Waals surface area contributed by atoms with Crippen molar-refractivity contribution in [2.24, 2.45) is 0 Å². The van der Waals surface area contributed by atoms with Gasteiger partial charge in [-0.25, -0.2) is 9.37 Å². The second-order valence-corrected chi connectivity index (χ2v) is 6.25. The van der Waals surface area contributed by atoms with E-state index in [0.29, 0.717) is 22.9 Å². The number of carbonyl (C=O) groups excluding carboxylic acids is 1. The molecule has 0 fully saturated rings. The van der Waals surface area contributed by atoms with E-state index in [1.807, 2.05) is 0 Å². The lowest BCUT2D eigenvalue weighted by molar-refractivity contribution is -0.389.